The van der Waals surface area contributed by atoms with Gasteiger partial charge < -0.3 is 15.7 Å². The fourth-order valence-electron chi connectivity index (χ4n) is 2.86. The van der Waals surface area contributed by atoms with Crippen LogP contribution in [0.2, 0.25) is 0 Å². The topological polar surface area (TPSA) is 83.6 Å². The molecule has 0 aliphatic carbocycles. The predicted molar refractivity (Wildman–Crippen MR) is 80.1 cm³/mol. The van der Waals surface area contributed by atoms with Gasteiger partial charge in [0, 0.05) is 12.2 Å². The first-order chi connectivity index (χ1) is 10.1. The molecule has 0 bridgehead atoms. The Balaban J connectivity index is 2.01. The van der Waals surface area contributed by atoms with Crippen molar-refractivity contribution in [2.24, 2.45) is 0 Å². The number of nitrogens with zero attached hydrogens (tertiary/aromatic N) is 1. The van der Waals surface area contributed by atoms with Crippen LogP contribution in [-0.4, -0.2) is 34.5 Å². The molecule has 1 heterocycles. The zero-order chi connectivity index (χ0) is 15.0. The van der Waals surface area contributed by atoms with Gasteiger partial charge in [-0.2, -0.15) is 0 Å². The van der Waals surface area contributed by atoms with E-state index in [0.717, 1.165) is 10.8 Å². The van der Waals surface area contributed by atoms with E-state index in [1.807, 2.05) is 24.3 Å². The first-order valence-electron chi connectivity index (χ1n) is 6.90. The van der Waals surface area contributed by atoms with E-state index in [1.54, 1.807) is 12.1 Å². The summed E-state index contributed by atoms with van der Waals surface area (Å²) in [5, 5.41) is 11.1. The molecule has 1 atom stereocenters. The number of carbonyl (C=O) groups is 2. The second-order valence-electron chi connectivity index (χ2n) is 5.28. The number of hydrogen-bond acceptors (Lipinski definition) is 3. The van der Waals surface area contributed by atoms with Crippen molar-refractivity contribution in [3.63, 3.8) is 0 Å². The van der Waals surface area contributed by atoms with Crippen molar-refractivity contribution in [3.8, 4) is 0 Å². The van der Waals surface area contributed by atoms with Crippen LogP contribution in [0, 0.1) is 0 Å². The van der Waals surface area contributed by atoms with Gasteiger partial charge in [-0.3, -0.25) is 4.79 Å². The first kappa shape index (κ1) is 13.4. The molecule has 3 N–H and O–H groups in total. The fraction of sp³-hybridized carbons (Fsp3) is 0.250. The lowest BCUT2D eigenvalue weighted by Gasteiger charge is -2.22. The summed E-state index contributed by atoms with van der Waals surface area (Å²) in [6.07, 6.45) is 1.20. The number of likely N-dealkylation sites (tertiary alicyclic amines) is 1. The summed E-state index contributed by atoms with van der Waals surface area (Å²) in [7, 11) is 0. The second kappa shape index (κ2) is 5.09. The molecule has 0 saturated carbocycles. The molecule has 1 amide bonds. The van der Waals surface area contributed by atoms with Gasteiger partial charge in [0.05, 0.1) is 5.56 Å². The lowest BCUT2D eigenvalue weighted by molar-refractivity contribution is -0.141. The van der Waals surface area contributed by atoms with Crippen LogP contribution in [0.3, 0.4) is 0 Å². The summed E-state index contributed by atoms with van der Waals surface area (Å²) in [6.45, 7) is 0.460. The number of nitrogens with two attached hydrogens (primary N) is 1. The normalized spacial score (nSPS) is 18.1. The number of nitrogen functional groups attached to an aromatic ring is 1. The Hall–Kier alpha value is -2.56. The number of hydrogen-bond donors (Lipinski definition) is 2. The lowest BCUT2D eigenvalue weighted by atomic mass is 10.0. The summed E-state index contributed by atoms with van der Waals surface area (Å²) in [4.78, 5) is 25.2. The van der Waals surface area contributed by atoms with E-state index in [9.17, 15) is 14.7 Å². The van der Waals surface area contributed by atoms with Crippen molar-refractivity contribution >= 4 is 28.3 Å². The molecular weight excluding hydrogens is 268 g/mol. The van der Waals surface area contributed by atoms with Crippen molar-refractivity contribution < 1.29 is 14.7 Å². The fourth-order valence-corrected chi connectivity index (χ4v) is 2.86. The average Bonchev–Trinajstić information content (AvgIpc) is 2.95. The second-order valence-corrected chi connectivity index (χ2v) is 5.28. The molecule has 1 saturated heterocycles. The first-order valence-corrected chi connectivity index (χ1v) is 6.90. The molecule has 108 valence electrons. The van der Waals surface area contributed by atoms with Gasteiger partial charge >= 0.3 is 5.97 Å². The predicted octanol–water partition coefficient (Wildman–Crippen LogP) is 2.11. The van der Waals surface area contributed by atoms with Gasteiger partial charge in [-0.05, 0) is 35.7 Å². The zero-order valence-corrected chi connectivity index (χ0v) is 11.5. The van der Waals surface area contributed by atoms with Crippen molar-refractivity contribution in [2.45, 2.75) is 18.9 Å². The number of carbonyl (C=O) groups excluding carboxylic acids is 1. The smallest absolute Gasteiger partial charge is 0.326 e. The van der Waals surface area contributed by atoms with Crippen LogP contribution >= 0.6 is 0 Å². The third kappa shape index (κ3) is 2.31. The van der Waals surface area contributed by atoms with Crippen LogP contribution in [-0.2, 0) is 4.79 Å². The largest absolute Gasteiger partial charge is 0.480 e. The van der Waals surface area contributed by atoms with Crippen LogP contribution in [0.25, 0.3) is 10.8 Å². The van der Waals surface area contributed by atoms with E-state index in [2.05, 4.69) is 0 Å². The maximum atomic E-state index is 12.6. The minimum absolute atomic E-state index is 0.303. The van der Waals surface area contributed by atoms with Crippen LogP contribution in [0.1, 0.15) is 23.2 Å². The Morgan fingerprint density at radius 3 is 2.52 bits per heavy atom. The molecule has 2 aromatic rings. The van der Waals surface area contributed by atoms with Crippen molar-refractivity contribution in [1.29, 1.82) is 0 Å². The molecule has 5 heteroatoms. The van der Waals surface area contributed by atoms with Gasteiger partial charge in [-0.1, -0.05) is 24.3 Å². The van der Waals surface area contributed by atoms with E-state index < -0.39 is 12.0 Å². The quantitative estimate of drug-likeness (QED) is 0.827. The lowest BCUT2D eigenvalue weighted by Crippen LogP contribution is -2.40. The Bertz CT molecular complexity index is 727. The highest BCUT2D eigenvalue weighted by Gasteiger charge is 2.35. The van der Waals surface area contributed by atoms with Crippen LogP contribution in [0.15, 0.2) is 36.4 Å². The Labute approximate surface area is 122 Å². The summed E-state index contributed by atoms with van der Waals surface area (Å²) in [5.74, 6) is -1.26. The van der Waals surface area contributed by atoms with E-state index in [0.29, 0.717) is 30.6 Å². The average molecular weight is 284 g/mol. The van der Waals surface area contributed by atoms with Crippen molar-refractivity contribution in [1.82, 2.24) is 4.90 Å². The number of carboxylic acids is 1. The number of benzene rings is 2. The van der Waals surface area contributed by atoms with Gasteiger partial charge in [-0.15, -0.1) is 0 Å². The highest BCUT2D eigenvalue weighted by atomic mass is 16.4. The maximum absolute atomic E-state index is 12.6. The molecule has 2 aromatic carbocycles. The van der Waals surface area contributed by atoms with Gasteiger partial charge in [0.25, 0.3) is 5.91 Å². The van der Waals surface area contributed by atoms with Gasteiger partial charge in [0.1, 0.15) is 6.04 Å². The van der Waals surface area contributed by atoms with Crippen LogP contribution < -0.4 is 5.73 Å². The molecule has 21 heavy (non-hydrogen) atoms. The molecule has 0 aromatic heterocycles. The van der Waals surface area contributed by atoms with Crippen LogP contribution in [0.4, 0.5) is 5.69 Å². The summed E-state index contributed by atoms with van der Waals surface area (Å²) in [5.41, 5.74) is 6.74. The molecule has 3 rings (SSSR count). The van der Waals surface area contributed by atoms with Crippen molar-refractivity contribution in [2.75, 3.05) is 12.3 Å². The van der Waals surface area contributed by atoms with Crippen molar-refractivity contribution in [3.05, 3.63) is 42.0 Å². The minimum atomic E-state index is -0.958. The number of carboxylic acid groups (broad SMARTS) is 1. The highest BCUT2D eigenvalue weighted by molar-refractivity contribution is 6.05. The molecule has 1 fully saturated rings. The number of fused-ring (bicyclic) bond motifs is 1. The molecule has 5 nitrogen and oxygen atoms in total. The Kier molecular flexibility index (Phi) is 3.25. The van der Waals surface area contributed by atoms with E-state index in [-0.39, 0.29) is 5.91 Å². The molecular formula is C16H16N2O3. The van der Waals surface area contributed by atoms with E-state index >= 15 is 0 Å². The van der Waals surface area contributed by atoms with E-state index in [1.165, 1.54) is 4.90 Å². The van der Waals surface area contributed by atoms with Gasteiger partial charge in [-0.25, -0.2) is 4.79 Å². The van der Waals surface area contributed by atoms with Crippen LogP contribution in [0.5, 0.6) is 0 Å². The third-order valence-electron chi connectivity index (χ3n) is 3.95. The monoisotopic (exact) mass is 284 g/mol. The number of aliphatic carboxylic acids is 1. The third-order valence-corrected chi connectivity index (χ3v) is 3.95. The number of anilines is 1. The molecule has 1 aliphatic heterocycles. The standard InChI is InChI=1S/C16H16N2O3/c17-13-9-11-5-2-1-4-10(11)8-12(13)15(19)18-7-3-6-14(18)16(20)21/h1-2,4-5,8-9,14H,3,6-7,17H2,(H,20,21)/t14-/m1/s1. The van der Waals surface area contributed by atoms with E-state index in [4.69, 9.17) is 5.73 Å². The Morgan fingerprint density at radius 1 is 1.19 bits per heavy atom. The molecule has 0 radical (unpaired) electrons. The summed E-state index contributed by atoms with van der Waals surface area (Å²) >= 11 is 0. The zero-order valence-electron chi connectivity index (χ0n) is 11.5. The summed E-state index contributed by atoms with van der Waals surface area (Å²) < 4.78 is 0. The SMILES string of the molecule is Nc1cc2ccccc2cc1C(=O)N1CCC[C@@H]1C(=O)O. The van der Waals surface area contributed by atoms with Gasteiger partial charge in [0.15, 0.2) is 0 Å². The highest BCUT2D eigenvalue weighted by Crippen LogP contribution is 2.26. The molecule has 0 spiro atoms. The van der Waals surface area contributed by atoms with Gasteiger partial charge in [0.2, 0.25) is 0 Å². The molecule has 1 aliphatic rings. The minimum Gasteiger partial charge on any atom is -0.480 e. The summed E-state index contributed by atoms with van der Waals surface area (Å²) in [6, 6.07) is 10.4. The number of rotatable bonds is 2. The molecule has 0 unspecified atom stereocenters. The Morgan fingerprint density at radius 2 is 1.86 bits per heavy atom. The maximum Gasteiger partial charge on any atom is 0.326 e. The number of amides is 1.